The summed E-state index contributed by atoms with van der Waals surface area (Å²) in [6, 6.07) is 8.74. The van der Waals surface area contributed by atoms with Crippen LogP contribution < -0.4 is 5.32 Å². The average Bonchev–Trinajstić information content (AvgIpc) is 2.95. The molecule has 0 spiro atoms. The highest BCUT2D eigenvalue weighted by molar-refractivity contribution is 7.18. The molecule has 124 valence electrons. The van der Waals surface area contributed by atoms with Crippen LogP contribution in [0.3, 0.4) is 0 Å². The number of anilines is 1. The second kappa shape index (κ2) is 6.97. The number of rotatable bonds is 4. The average molecular weight is 343 g/mol. The van der Waals surface area contributed by atoms with Crippen molar-refractivity contribution in [2.75, 3.05) is 11.9 Å². The van der Waals surface area contributed by atoms with Crippen LogP contribution in [0.5, 0.6) is 0 Å². The molecule has 0 fully saturated rings. The molecule has 1 N–H and O–H groups in total. The van der Waals surface area contributed by atoms with Crippen molar-refractivity contribution in [3.05, 3.63) is 51.9 Å². The number of esters is 1. The SMILES string of the molecule is CCOC(=O)c1c(NC(=O)c2ccccc2)sc2c1CCCC2=O. The van der Waals surface area contributed by atoms with Gasteiger partial charge in [-0.15, -0.1) is 11.3 Å². The van der Waals surface area contributed by atoms with E-state index in [9.17, 15) is 14.4 Å². The Bertz CT molecular complexity index is 795. The molecule has 1 amide bonds. The van der Waals surface area contributed by atoms with E-state index in [-0.39, 0.29) is 18.3 Å². The summed E-state index contributed by atoms with van der Waals surface area (Å²) >= 11 is 1.16. The number of Topliss-reactive ketones (excluding diaryl/α,β-unsaturated/α-hetero) is 1. The first kappa shape index (κ1) is 16.4. The van der Waals surface area contributed by atoms with Crippen LogP contribution in [0.1, 0.15) is 55.7 Å². The van der Waals surface area contributed by atoms with E-state index in [4.69, 9.17) is 4.74 Å². The number of hydrogen-bond donors (Lipinski definition) is 1. The van der Waals surface area contributed by atoms with Crippen molar-refractivity contribution >= 4 is 34.0 Å². The summed E-state index contributed by atoms with van der Waals surface area (Å²) in [6.45, 7) is 1.97. The fourth-order valence-electron chi connectivity index (χ4n) is 2.74. The Morgan fingerprint density at radius 1 is 1.21 bits per heavy atom. The number of amides is 1. The lowest BCUT2D eigenvalue weighted by atomic mass is 9.94. The Labute approximate surface area is 143 Å². The quantitative estimate of drug-likeness (QED) is 0.859. The monoisotopic (exact) mass is 343 g/mol. The van der Waals surface area contributed by atoms with E-state index in [0.29, 0.717) is 45.8 Å². The molecule has 3 rings (SSSR count). The third-order valence-electron chi connectivity index (χ3n) is 3.83. The van der Waals surface area contributed by atoms with Crippen molar-refractivity contribution < 1.29 is 19.1 Å². The maximum Gasteiger partial charge on any atom is 0.341 e. The maximum absolute atomic E-state index is 12.4. The summed E-state index contributed by atoms with van der Waals surface area (Å²) in [6.07, 6.45) is 1.83. The van der Waals surface area contributed by atoms with Crippen molar-refractivity contribution in [3.63, 3.8) is 0 Å². The van der Waals surface area contributed by atoms with E-state index in [1.54, 1.807) is 31.2 Å². The number of thiophene rings is 1. The first-order valence-electron chi connectivity index (χ1n) is 7.84. The van der Waals surface area contributed by atoms with Gasteiger partial charge in [0.2, 0.25) is 0 Å². The Hall–Kier alpha value is -2.47. The molecular formula is C18H17NO4S. The van der Waals surface area contributed by atoms with E-state index in [1.807, 2.05) is 6.07 Å². The zero-order valence-electron chi connectivity index (χ0n) is 13.3. The minimum Gasteiger partial charge on any atom is -0.462 e. The molecule has 1 aliphatic carbocycles. The van der Waals surface area contributed by atoms with E-state index in [0.717, 1.165) is 11.3 Å². The van der Waals surface area contributed by atoms with Crippen LogP contribution in [-0.4, -0.2) is 24.3 Å². The molecular weight excluding hydrogens is 326 g/mol. The summed E-state index contributed by atoms with van der Waals surface area (Å²) in [5.74, 6) is -0.785. The number of ether oxygens (including phenoxy) is 1. The topological polar surface area (TPSA) is 72.5 Å². The lowest BCUT2D eigenvalue weighted by molar-refractivity contribution is 0.0527. The summed E-state index contributed by atoms with van der Waals surface area (Å²) in [7, 11) is 0. The highest BCUT2D eigenvalue weighted by Crippen LogP contribution is 2.38. The van der Waals surface area contributed by atoms with Crippen LogP contribution in [0.4, 0.5) is 5.00 Å². The summed E-state index contributed by atoms with van der Waals surface area (Å²) < 4.78 is 5.12. The van der Waals surface area contributed by atoms with Crippen LogP contribution >= 0.6 is 11.3 Å². The third kappa shape index (κ3) is 3.10. The smallest absolute Gasteiger partial charge is 0.341 e. The minimum absolute atomic E-state index is 0.0204. The standard InChI is InChI=1S/C18H17NO4S/c1-2-23-18(22)14-12-9-6-10-13(20)15(12)24-17(14)19-16(21)11-7-4-3-5-8-11/h3-5,7-8H,2,6,9-10H2,1H3,(H,19,21). The van der Waals surface area contributed by atoms with Crippen LogP contribution in [0.15, 0.2) is 30.3 Å². The van der Waals surface area contributed by atoms with Gasteiger partial charge < -0.3 is 10.1 Å². The Balaban J connectivity index is 1.99. The van der Waals surface area contributed by atoms with Crippen molar-refractivity contribution in [2.24, 2.45) is 0 Å². The summed E-state index contributed by atoms with van der Waals surface area (Å²) in [5, 5.41) is 3.16. The molecule has 0 unspecified atom stereocenters. The highest BCUT2D eigenvalue weighted by Gasteiger charge is 2.30. The van der Waals surface area contributed by atoms with Crippen molar-refractivity contribution in [2.45, 2.75) is 26.2 Å². The third-order valence-corrected chi connectivity index (χ3v) is 5.02. The molecule has 6 heteroatoms. The van der Waals surface area contributed by atoms with E-state index in [2.05, 4.69) is 5.32 Å². The number of fused-ring (bicyclic) bond motifs is 1. The number of carbonyl (C=O) groups is 3. The molecule has 1 aromatic carbocycles. The predicted molar refractivity (Wildman–Crippen MR) is 91.9 cm³/mol. The minimum atomic E-state index is -0.493. The number of benzene rings is 1. The van der Waals surface area contributed by atoms with Crippen LogP contribution in [0.2, 0.25) is 0 Å². The zero-order valence-corrected chi connectivity index (χ0v) is 14.1. The normalized spacial score (nSPS) is 13.3. The molecule has 0 aliphatic heterocycles. The fraction of sp³-hybridized carbons (Fsp3) is 0.278. The second-order valence-electron chi connectivity index (χ2n) is 5.43. The molecule has 0 bridgehead atoms. The molecule has 5 nitrogen and oxygen atoms in total. The van der Waals surface area contributed by atoms with Crippen LogP contribution in [0, 0.1) is 0 Å². The molecule has 1 heterocycles. The van der Waals surface area contributed by atoms with Gasteiger partial charge in [0.15, 0.2) is 5.78 Å². The Morgan fingerprint density at radius 3 is 2.67 bits per heavy atom. The maximum atomic E-state index is 12.4. The lowest BCUT2D eigenvalue weighted by Gasteiger charge is -2.11. The molecule has 0 radical (unpaired) electrons. The fourth-order valence-corrected chi connectivity index (χ4v) is 3.94. The second-order valence-corrected chi connectivity index (χ2v) is 6.45. The molecule has 1 aromatic heterocycles. The van der Waals surface area contributed by atoms with Gasteiger partial charge in [-0.2, -0.15) is 0 Å². The van der Waals surface area contributed by atoms with Gasteiger partial charge in [-0.25, -0.2) is 4.79 Å². The van der Waals surface area contributed by atoms with Crippen LogP contribution in [0.25, 0.3) is 0 Å². The first-order valence-corrected chi connectivity index (χ1v) is 8.65. The van der Waals surface area contributed by atoms with Crippen molar-refractivity contribution in [3.8, 4) is 0 Å². The van der Waals surface area contributed by atoms with Gasteiger partial charge in [-0.1, -0.05) is 18.2 Å². The lowest BCUT2D eigenvalue weighted by Crippen LogP contribution is -2.16. The largest absolute Gasteiger partial charge is 0.462 e. The molecule has 2 aromatic rings. The summed E-state index contributed by atoms with van der Waals surface area (Å²) in [5.41, 5.74) is 1.53. The Kier molecular flexibility index (Phi) is 4.76. The zero-order chi connectivity index (χ0) is 17.1. The van der Waals surface area contributed by atoms with Gasteiger partial charge in [0, 0.05) is 12.0 Å². The molecule has 24 heavy (non-hydrogen) atoms. The molecule has 0 saturated heterocycles. The van der Waals surface area contributed by atoms with Gasteiger partial charge in [0.25, 0.3) is 5.91 Å². The van der Waals surface area contributed by atoms with Gasteiger partial charge in [0.05, 0.1) is 17.0 Å². The number of ketones is 1. The molecule has 0 saturated carbocycles. The van der Waals surface area contributed by atoms with E-state index < -0.39 is 5.97 Å². The predicted octanol–water partition coefficient (Wildman–Crippen LogP) is 3.70. The Morgan fingerprint density at radius 2 is 1.96 bits per heavy atom. The van der Waals surface area contributed by atoms with Crippen molar-refractivity contribution in [1.82, 2.24) is 0 Å². The van der Waals surface area contributed by atoms with Gasteiger partial charge in [0.1, 0.15) is 5.00 Å². The van der Waals surface area contributed by atoms with Gasteiger partial charge in [-0.3, -0.25) is 9.59 Å². The molecule has 1 aliphatic rings. The van der Waals surface area contributed by atoms with E-state index >= 15 is 0 Å². The van der Waals surface area contributed by atoms with Crippen LogP contribution in [-0.2, 0) is 11.2 Å². The van der Waals surface area contributed by atoms with Crippen molar-refractivity contribution in [1.29, 1.82) is 0 Å². The number of nitrogens with one attached hydrogen (secondary N) is 1. The van der Waals surface area contributed by atoms with Gasteiger partial charge >= 0.3 is 5.97 Å². The number of hydrogen-bond acceptors (Lipinski definition) is 5. The number of carbonyl (C=O) groups excluding carboxylic acids is 3. The first-order chi connectivity index (χ1) is 11.6. The van der Waals surface area contributed by atoms with Gasteiger partial charge in [-0.05, 0) is 37.5 Å². The van der Waals surface area contributed by atoms with E-state index in [1.165, 1.54) is 0 Å². The highest BCUT2D eigenvalue weighted by atomic mass is 32.1. The summed E-state index contributed by atoms with van der Waals surface area (Å²) in [4.78, 5) is 37.4. The molecule has 0 atom stereocenters.